The maximum atomic E-state index is 10.3. The van der Waals surface area contributed by atoms with Gasteiger partial charge >= 0.3 is 0 Å². The SMILES string of the molecule is CC.CC=C(SC=O)C1=NCCN1C. The zero-order valence-corrected chi connectivity index (χ0v) is 10.1. The van der Waals surface area contributed by atoms with Gasteiger partial charge in [0.2, 0.25) is 0 Å². The Hall–Kier alpha value is -0.770. The van der Waals surface area contributed by atoms with Gasteiger partial charge in [0.05, 0.1) is 11.4 Å². The van der Waals surface area contributed by atoms with E-state index in [1.165, 1.54) is 11.8 Å². The van der Waals surface area contributed by atoms with E-state index < -0.39 is 0 Å². The molecule has 80 valence electrons. The average molecular weight is 214 g/mol. The fourth-order valence-electron chi connectivity index (χ4n) is 1.10. The van der Waals surface area contributed by atoms with E-state index >= 15 is 0 Å². The summed E-state index contributed by atoms with van der Waals surface area (Å²) < 4.78 is 0. The molecule has 0 N–H and O–H groups in total. The van der Waals surface area contributed by atoms with Gasteiger partial charge in [-0.2, -0.15) is 0 Å². The van der Waals surface area contributed by atoms with Crippen molar-refractivity contribution in [2.24, 2.45) is 4.99 Å². The van der Waals surface area contributed by atoms with Crippen LogP contribution in [0.4, 0.5) is 0 Å². The van der Waals surface area contributed by atoms with E-state index in [0.29, 0.717) is 0 Å². The Bertz CT molecular complexity index is 236. The Morgan fingerprint density at radius 2 is 2.21 bits per heavy atom. The van der Waals surface area contributed by atoms with Crippen molar-refractivity contribution in [2.75, 3.05) is 20.1 Å². The molecule has 0 radical (unpaired) electrons. The van der Waals surface area contributed by atoms with Crippen LogP contribution in [0.1, 0.15) is 20.8 Å². The first-order valence-electron chi connectivity index (χ1n) is 4.82. The van der Waals surface area contributed by atoms with Gasteiger partial charge in [0.25, 0.3) is 0 Å². The minimum Gasteiger partial charge on any atom is -0.357 e. The molecule has 14 heavy (non-hydrogen) atoms. The van der Waals surface area contributed by atoms with E-state index in [-0.39, 0.29) is 0 Å². The van der Waals surface area contributed by atoms with Crippen LogP contribution in [0.5, 0.6) is 0 Å². The van der Waals surface area contributed by atoms with Crippen LogP contribution < -0.4 is 0 Å². The molecule has 0 amide bonds. The summed E-state index contributed by atoms with van der Waals surface area (Å²) in [6, 6.07) is 0. The van der Waals surface area contributed by atoms with E-state index in [9.17, 15) is 4.79 Å². The van der Waals surface area contributed by atoms with Crippen LogP contribution in [0.3, 0.4) is 0 Å². The minimum atomic E-state index is 0.836. The lowest BCUT2D eigenvalue weighted by atomic mass is 10.4. The number of hydrogen-bond acceptors (Lipinski definition) is 4. The van der Waals surface area contributed by atoms with Crippen molar-refractivity contribution in [3.8, 4) is 0 Å². The minimum absolute atomic E-state index is 0.836. The number of aliphatic imine (C=N–C) groups is 1. The van der Waals surface area contributed by atoms with Gasteiger partial charge in [-0.05, 0) is 6.92 Å². The summed E-state index contributed by atoms with van der Waals surface area (Å²) in [5.74, 6) is 0.939. The lowest BCUT2D eigenvalue weighted by molar-refractivity contribution is 0.557. The molecular formula is C10H18N2OS. The van der Waals surface area contributed by atoms with Crippen molar-refractivity contribution in [3.63, 3.8) is 0 Å². The first-order valence-corrected chi connectivity index (χ1v) is 5.70. The van der Waals surface area contributed by atoms with Gasteiger partial charge in [-0.1, -0.05) is 31.7 Å². The zero-order valence-electron chi connectivity index (χ0n) is 9.28. The van der Waals surface area contributed by atoms with Crippen molar-refractivity contribution in [2.45, 2.75) is 20.8 Å². The molecule has 0 saturated carbocycles. The van der Waals surface area contributed by atoms with Crippen LogP contribution in [-0.4, -0.2) is 36.5 Å². The van der Waals surface area contributed by atoms with Crippen LogP contribution in [0.15, 0.2) is 16.0 Å². The maximum Gasteiger partial charge on any atom is 0.181 e. The van der Waals surface area contributed by atoms with Crippen molar-refractivity contribution in [1.82, 2.24) is 4.90 Å². The first kappa shape index (κ1) is 13.2. The molecule has 0 aliphatic carbocycles. The Kier molecular flexibility index (Phi) is 7.20. The Balaban J connectivity index is 0.000000791. The molecule has 0 atom stereocenters. The largest absolute Gasteiger partial charge is 0.357 e. The van der Waals surface area contributed by atoms with Gasteiger partial charge in [0.15, 0.2) is 5.62 Å². The molecule has 0 unspecified atom stereocenters. The number of nitrogens with zero attached hydrogens (tertiary/aromatic N) is 2. The van der Waals surface area contributed by atoms with Crippen LogP contribution in [0, 0.1) is 0 Å². The third-order valence-corrected chi connectivity index (χ3v) is 2.48. The summed E-state index contributed by atoms with van der Waals surface area (Å²) in [6.07, 6.45) is 1.92. The number of rotatable bonds is 3. The van der Waals surface area contributed by atoms with E-state index in [1.807, 2.05) is 33.9 Å². The second-order valence-corrected chi connectivity index (χ2v) is 3.36. The standard InChI is InChI=1S/C8H12N2OS.C2H6/c1-3-7(12-6-11)8-9-4-5-10(8)2;1-2/h3,6H,4-5H2,1-2H3;1-2H3. The second-order valence-electron chi connectivity index (χ2n) is 2.49. The number of thioether (sulfide) groups is 1. The van der Waals surface area contributed by atoms with Crippen LogP contribution in [-0.2, 0) is 4.79 Å². The van der Waals surface area contributed by atoms with Crippen molar-refractivity contribution < 1.29 is 4.79 Å². The Morgan fingerprint density at radius 1 is 1.57 bits per heavy atom. The van der Waals surface area contributed by atoms with Crippen LogP contribution in [0.25, 0.3) is 0 Å². The number of hydrogen-bond donors (Lipinski definition) is 0. The molecule has 0 spiro atoms. The summed E-state index contributed by atoms with van der Waals surface area (Å²) >= 11 is 1.19. The van der Waals surface area contributed by atoms with Gasteiger partial charge in [-0.15, -0.1) is 0 Å². The lowest BCUT2D eigenvalue weighted by Gasteiger charge is -2.13. The molecule has 0 bridgehead atoms. The predicted octanol–water partition coefficient (Wildman–Crippen LogP) is 2.18. The highest BCUT2D eigenvalue weighted by Crippen LogP contribution is 2.18. The van der Waals surface area contributed by atoms with E-state index in [0.717, 1.165) is 29.4 Å². The van der Waals surface area contributed by atoms with Gasteiger partial charge in [0.1, 0.15) is 5.84 Å². The summed E-state index contributed by atoms with van der Waals surface area (Å²) in [6.45, 7) is 7.70. The first-order chi connectivity index (χ1) is 6.79. The molecule has 3 nitrogen and oxygen atoms in total. The third-order valence-electron chi connectivity index (χ3n) is 1.72. The highest BCUT2D eigenvalue weighted by atomic mass is 32.2. The predicted molar refractivity (Wildman–Crippen MR) is 64.4 cm³/mol. The average Bonchev–Trinajstić information content (AvgIpc) is 2.64. The normalized spacial score (nSPS) is 15.9. The van der Waals surface area contributed by atoms with Crippen molar-refractivity contribution in [1.29, 1.82) is 0 Å². The number of allylic oxidation sites excluding steroid dienone is 1. The molecule has 1 aliphatic heterocycles. The van der Waals surface area contributed by atoms with Gasteiger partial charge in [-0.25, -0.2) is 0 Å². The van der Waals surface area contributed by atoms with E-state index in [1.54, 1.807) is 0 Å². The number of carbonyl (C=O) groups is 1. The number of amidine groups is 1. The molecular weight excluding hydrogens is 196 g/mol. The smallest absolute Gasteiger partial charge is 0.181 e. The third kappa shape index (κ3) is 3.54. The molecule has 1 aliphatic rings. The summed E-state index contributed by atoms with van der Waals surface area (Å²) in [4.78, 5) is 17.6. The molecule has 4 heteroatoms. The highest BCUT2D eigenvalue weighted by molar-refractivity contribution is 8.16. The molecule has 0 saturated heterocycles. The number of likely N-dealkylation sites (N-methyl/N-ethyl adjacent to an activating group) is 1. The van der Waals surface area contributed by atoms with Crippen molar-refractivity contribution >= 4 is 23.2 Å². The van der Waals surface area contributed by atoms with Crippen LogP contribution >= 0.6 is 11.8 Å². The van der Waals surface area contributed by atoms with Gasteiger partial charge in [-0.3, -0.25) is 9.79 Å². The lowest BCUT2D eigenvalue weighted by Crippen LogP contribution is -2.23. The number of carbonyl (C=O) groups excluding carboxylic acids is 1. The zero-order chi connectivity index (χ0) is 11.0. The van der Waals surface area contributed by atoms with E-state index in [2.05, 4.69) is 9.89 Å². The maximum absolute atomic E-state index is 10.3. The molecule has 0 fully saturated rings. The molecule has 0 aromatic heterocycles. The monoisotopic (exact) mass is 214 g/mol. The van der Waals surface area contributed by atoms with E-state index in [4.69, 9.17) is 0 Å². The van der Waals surface area contributed by atoms with Gasteiger partial charge in [0, 0.05) is 13.6 Å². The summed E-state index contributed by atoms with van der Waals surface area (Å²) in [5.41, 5.74) is 0.837. The Morgan fingerprint density at radius 3 is 2.57 bits per heavy atom. The van der Waals surface area contributed by atoms with Gasteiger partial charge < -0.3 is 4.90 Å². The van der Waals surface area contributed by atoms with Crippen LogP contribution in [0.2, 0.25) is 0 Å². The quantitative estimate of drug-likeness (QED) is 0.675. The molecule has 1 heterocycles. The fourth-order valence-corrected chi connectivity index (χ4v) is 1.67. The molecule has 1 rings (SSSR count). The highest BCUT2D eigenvalue weighted by Gasteiger charge is 2.16. The molecule has 0 aromatic rings. The Labute approximate surface area is 90.3 Å². The van der Waals surface area contributed by atoms with Crippen molar-refractivity contribution in [3.05, 3.63) is 11.0 Å². The second kappa shape index (κ2) is 7.62. The topological polar surface area (TPSA) is 32.7 Å². The summed E-state index contributed by atoms with van der Waals surface area (Å²) in [7, 11) is 1.99. The summed E-state index contributed by atoms with van der Waals surface area (Å²) in [5, 5.41) is 0. The fraction of sp³-hybridized carbons (Fsp3) is 0.600. The molecule has 0 aromatic carbocycles.